The Morgan fingerprint density at radius 1 is 1.29 bits per heavy atom. The van der Waals surface area contributed by atoms with Crippen molar-refractivity contribution >= 4 is 38.2 Å². The molecular formula is C9H10INO2S. The molecule has 76 valence electrons. The molecule has 0 bridgehead atoms. The van der Waals surface area contributed by atoms with E-state index in [0.717, 1.165) is 3.57 Å². The quantitative estimate of drug-likeness (QED) is 0.744. The predicted octanol–water partition coefficient (Wildman–Crippen LogP) is 2.16. The molecule has 0 aliphatic carbocycles. The second-order valence-electron chi connectivity index (χ2n) is 3.08. The Hall–Kier alpha value is -0.430. The van der Waals surface area contributed by atoms with Crippen molar-refractivity contribution in [3.8, 4) is 0 Å². The normalized spacial score (nSPS) is 11.1. The third kappa shape index (κ3) is 3.75. The molecular weight excluding hydrogens is 313 g/mol. The second kappa shape index (κ2) is 4.39. The van der Waals surface area contributed by atoms with Crippen molar-refractivity contribution in [2.75, 3.05) is 12.5 Å². The Morgan fingerprint density at radius 2 is 1.79 bits per heavy atom. The molecule has 0 saturated carbocycles. The van der Waals surface area contributed by atoms with Gasteiger partial charge in [0.15, 0.2) is 0 Å². The first-order chi connectivity index (χ1) is 6.38. The molecule has 1 aromatic carbocycles. The van der Waals surface area contributed by atoms with Crippen LogP contribution in [0.3, 0.4) is 0 Å². The summed E-state index contributed by atoms with van der Waals surface area (Å²) in [6.45, 7) is 0. The van der Waals surface area contributed by atoms with Gasteiger partial charge < -0.3 is 0 Å². The third-order valence-electron chi connectivity index (χ3n) is 1.39. The van der Waals surface area contributed by atoms with Crippen molar-refractivity contribution in [3.05, 3.63) is 33.4 Å². The van der Waals surface area contributed by atoms with Gasteiger partial charge in [-0.3, -0.25) is 4.79 Å². The summed E-state index contributed by atoms with van der Waals surface area (Å²) in [6.07, 6.45) is 2.88. The number of rotatable bonds is 1. The summed E-state index contributed by atoms with van der Waals surface area (Å²) < 4.78 is 15.9. The smallest absolute Gasteiger partial charge is 0.266 e. The molecule has 5 heteroatoms. The van der Waals surface area contributed by atoms with Crippen molar-refractivity contribution in [1.82, 2.24) is 0 Å². The summed E-state index contributed by atoms with van der Waals surface area (Å²) in [5.74, 6) is -0.420. The van der Waals surface area contributed by atoms with Crippen LogP contribution in [-0.2, 0) is 9.73 Å². The van der Waals surface area contributed by atoms with E-state index in [0.29, 0.717) is 5.56 Å². The monoisotopic (exact) mass is 323 g/mol. The fourth-order valence-corrected chi connectivity index (χ4v) is 1.71. The molecule has 0 aliphatic rings. The van der Waals surface area contributed by atoms with E-state index in [1.54, 1.807) is 12.1 Å². The van der Waals surface area contributed by atoms with Crippen LogP contribution >= 0.6 is 22.6 Å². The highest BCUT2D eigenvalue weighted by atomic mass is 127. The van der Waals surface area contributed by atoms with Crippen molar-refractivity contribution in [2.45, 2.75) is 0 Å². The maximum atomic E-state index is 11.4. The SMILES string of the molecule is CS(C)(=O)=NC(=O)c1ccc(I)cc1. The highest BCUT2D eigenvalue weighted by molar-refractivity contribution is 14.1. The lowest BCUT2D eigenvalue weighted by atomic mass is 10.2. The van der Waals surface area contributed by atoms with Gasteiger partial charge in [0.05, 0.1) is 0 Å². The minimum atomic E-state index is -2.36. The predicted molar refractivity (Wildman–Crippen MR) is 65.9 cm³/mol. The number of benzene rings is 1. The van der Waals surface area contributed by atoms with Crippen molar-refractivity contribution in [2.24, 2.45) is 4.36 Å². The number of amides is 1. The number of carbonyl (C=O) groups is 1. The Morgan fingerprint density at radius 3 is 2.21 bits per heavy atom. The zero-order chi connectivity index (χ0) is 10.8. The van der Waals surface area contributed by atoms with Crippen LogP contribution in [0.15, 0.2) is 28.6 Å². The maximum Gasteiger partial charge on any atom is 0.285 e. The molecule has 0 aliphatic heterocycles. The molecule has 0 N–H and O–H groups in total. The summed E-state index contributed by atoms with van der Waals surface area (Å²) >= 11 is 2.15. The number of carbonyl (C=O) groups excluding carboxylic acids is 1. The van der Waals surface area contributed by atoms with Gasteiger partial charge in [-0.15, -0.1) is 0 Å². The number of hydrogen-bond acceptors (Lipinski definition) is 2. The first-order valence-corrected chi connectivity index (χ1v) is 7.26. The van der Waals surface area contributed by atoms with Crippen LogP contribution in [0.5, 0.6) is 0 Å². The Labute approximate surface area is 97.2 Å². The van der Waals surface area contributed by atoms with Crippen LogP contribution in [0, 0.1) is 3.57 Å². The average molecular weight is 323 g/mol. The molecule has 0 saturated heterocycles. The van der Waals surface area contributed by atoms with Crippen LogP contribution in [0.2, 0.25) is 0 Å². The number of halogens is 1. The second-order valence-corrected chi connectivity index (χ2v) is 6.88. The zero-order valence-electron chi connectivity index (χ0n) is 7.86. The topological polar surface area (TPSA) is 46.5 Å². The minimum Gasteiger partial charge on any atom is -0.266 e. The van der Waals surface area contributed by atoms with E-state index in [-0.39, 0.29) is 0 Å². The van der Waals surface area contributed by atoms with E-state index in [1.165, 1.54) is 12.5 Å². The molecule has 14 heavy (non-hydrogen) atoms. The van der Waals surface area contributed by atoms with E-state index in [2.05, 4.69) is 27.0 Å². The first-order valence-electron chi connectivity index (χ1n) is 3.85. The summed E-state index contributed by atoms with van der Waals surface area (Å²) in [4.78, 5) is 11.4. The highest BCUT2D eigenvalue weighted by Crippen LogP contribution is 2.08. The summed E-state index contributed by atoms with van der Waals surface area (Å²) in [5, 5.41) is 0. The highest BCUT2D eigenvalue weighted by Gasteiger charge is 2.04. The van der Waals surface area contributed by atoms with Crippen LogP contribution in [0.25, 0.3) is 0 Å². The Bertz CT molecular complexity index is 450. The molecule has 3 nitrogen and oxygen atoms in total. The minimum absolute atomic E-state index is 0.420. The lowest BCUT2D eigenvalue weighted by Gasteiger charge is -1.96. The lowest BCUT2D eigenvalue weighted by molar-refractivity contribution is 0.100. The molecule has 0 heterocycles. The molecule has 0 spiro atoms. The Balaban J connectivity index is 3.03. The van der Waals surface area contributed by atoms with E-state index < -0.39 is 15.6 Å². The van der Waals surface area contributed by atoms with Gasteiger partial charge >= 0.3 is 0 Å². The van der Waals surface area contributed by atoms with Gasteiger partial charge in [-0.05, 0) is 46.9 Å². The van der Waals surface area contributed by atoms with Crippen molar-refractivity contribution in [3.63, 3.8) is 0 Å². The molecule has 1 aromatic rings. The maximum absolute atomic E-state index is 11.4. The molecule has 0 fully saturated rings. The first kappa shape index (κ1) is 11.6. The van der Waals surface area contributed by atoms with Gasteiger partial charge in [0.1, 0.15) is 0 Å². The molecule has 0 atom stereocenters. The summed E-state index contributed by atoms with van der Waals surface area (Å²) in [7, 11) is -2.36. The molecule has 1 amide bonds. The van der Waals surface area contributed by atoms with E-state index >= 15 is 0 Å². The fraction of sp³-hybridized carbons (Fsp3) is 0.222. The summed E-state index contributed by atoms with van der Waals surface area (Å²) in [5.41, 5.74) is 0.474. The standard InChI is InChI=1S/C9H10INO2S/c1-14(2,13)11-9(12)7-3-5-8(10)6-4-7/h3-6H,1-2H3. The van der Waals surface area contributed by atoms with Gasteiger partial charge in [-0.25, -0.2) is 4.21 Å². The molecule has 0 aromatic heterocycles. The van der Waals surface area contributed by atoms with E-state index in [1.807, 2.05) is 12.1 Å². The van der Waals surface area contributed by atoms with Gasteiger partial charge in [0.2, 0.25) is 0 Å². The fourth-order valence-electron chi connectivity index (χ4n) is 0.845. The molecule has 0 unspecified atom stereocenters. The van der Waals surface area contributed by atoms with Gasteiger partial charge in [0.25, 0.3) is 5.91 Å². The third-order valence-corrected chi connectivity index (χ3v) is 2.72. The van der Waals surface area contributed by atoms with Gasteiger partial charge in [0, 0.05) is 31.4 Å². The van der Waals surface area contributed by atoms with Crippen LogP contribution in [0.1, 0.15) is 10.4 Å². The zero-order valence-corrected chi connectivity index (χ0v) is 10.8. The van der Waals surface area contributed by atoms with E-state index in [4.69, 9.17) is 0 Å². The number of nitrogens with zero attached hydrogens (tertiary/aromatic N) is 1. The van der Waals surface area contributed by atoms with Crippen molar-refractivity contribution in [1.29, 1.82) is 0 Å². The largest absolute Gasteiger partial charge is 0.285 e. The van der Waals surface area contributed by atoms with Crippen LogP contribution in [-0.4, -0.2) is 22.6 Å². The molecule has 1 rings (SSSR count). The van der Waals surface area contributed by atoms with Crippen LogP contribution < -0.4 is 0 Å². The summed E-state index contributed by atoms with van der Waals surface area (Å²) in [6, 6.07) is 6.99. The average Bonchev–Trinajstić information content (AvgIpc) is 2.02. The van der Waals surface area contributed by atoms with Crippen molar-refractivity contribution < 1.29 is 9.00 Å². The Kier molecular flexibility index (Phi) is 3.65. The van der Waals surface area contributed by atoms with Crippen LogP contribution in [0.4, 0.5) is 0 Å². The van der Waals surface area contributed by atoms with E-state index in [9.17, 15) is 9.00 Å². The van der Waals surface area contributed by atoms with Gasteiger partial charge in [-0.1, -0.05) is 0 Å². The number of hydrogen-bond donors (Lipinski definition) is 0. The molecule has 0 radical (unpaired) electrons. The lowest BCUT2D eigenvalue weighted by Crippen LogP contribution is -2.00. The van der Waals surface area contributed by atoms with Gasteiger partial charge in [-0.2, -0.15) is 4.36 Å².